The average molecular weight is 389 g/mol. The van der Waals surface area contributed by atoms with Crippen LogP contribution >= 0.6 is 43.2 Å². The minimum Gasteiger partial charge on any atom is -0.347 e. The molecular weight excluding hydrogens is 378 g/mol. The molecule has 1 N–H and O–H groups in total. The number of hydrogen-bond donors (Lipinski definition) is 1. The van der Waals surface area contributed by atoms with Crippen molar-refractivity contribution in [3.8, 4) is 0 Å². The number of carbonyl (C=O) groups is 1. The molecule has 18 heavy (non-hydrogen) atoms. The Morgan fingerprint density at radius 3 is 2.83 bits per heavy atom. The minimum absolute atomic E-state index is 0.0432. The smallest absolute Gasteiger partial charge is 0.251 e. The fraction of sp³-hybridized carbons (Fsp3) is 0.154. The second-order valence-electron chi connectivity index (χ2n) is 3.83. The first kappa shape index (κ1) is 13.8. The first-order valence-electron chi connectivity index (χ1n) is 5.34. The van der Waals surface area contributed by atoms with E-state index in [1.165, 1.54) is 0 Å². The second kappa shape index (κ2) is 5.99. The molecule has 0 atom stereocenters. The molecule has 2 aromatic rings. The summed E-state index contributed by atoms with van der Waals surface area (Å²) in [6.07, 6.45) is 0. The highest BCUT2D eigenvalue weighted by molar-refractivity contribution is 9.10. The van der Waals surface area contributed by atoms with Crippen LogP contribution < -0.4 is 5.32 Å². The molecule has 0 fully saturated rings. The highest BCUT2D eigenvalue weighted by Crippen LogP contribution is 2.21. The Bertz CT molecular complexity index is 580. The van der Waals surface area contributed by atoms with Crippen molar-refractivity contribution in [3.05, 3.63) is 54.6 Å². The third-order valence-corrected chi connectivity index (χ3v) is 5.11. The van der Waals surface area contributed by atoms with E-state index in [1.54, 1.807) is 11.3 Å². The summed E-state index contributed by atoms with van der Waals surface area (Å²) >= 11 is 8.45. The molecule has 1 amide bonds. The lowest BCUT2D eigenvalue weighted by Crippen LogP contribution is -2.23. The van der Waals surface area contributed by atoms with Crippen molar-refractivity contribution in [3.63, 3.8) is 0 Å². The Balaban J connectivity index is 2.06. The molecule has 0 aliphatic carbocycles. The highest BCUT2D eigenvalue weighted by Gasteiger charge is 2.10. The number of rotatable bonds is 3. The first-order valence-corrected chi connectivity index (χ1v) is 7.80. The zero-order valence-electron chi connectivity index (χ0n) is 9.67. The monoisotopic (exact) mass is 387 g/mol. The zero-order chi connectivity index (χ0) is 13.1. The van der Waals surface area contributed by atoms with E-state index < -0.39 is 0 Å². The van der Waals surface area contributed by atoms with Crippen molar-refractivity contribution in [2.75, 3.05) is 0 Å². The summed E-state index contributed by atoms with van der Waals surface area (Å²) in [7, 11) is 0. The molecule has 0 bridgehead atoms. The lowest BCUT2D eigenvalue weighted by molar-refractivity contribution is 0.0950. The molecule has 0 saturated carbocycles. The van der Waals surface area contributed by atoms with Gasteiger partial charge in [0.25, 0.3) is 5.91 Å². The quantitative estimate of drug-likeness (QED) is 0.823. The molecule has 5 heteroatoms. The molecule has 0 unspecified atom stereocenters. The Hall–Kier alpha value is -0.650. The second-order valence-corrected chi connectivity index (χ2v) is 6.59. The third-order valence-electron chi connectivity index (χ3n) is 2.56. The zero-order valence-corrected chi connectivity index (χ0v) is 13.7. The molecule has 0 saturated heterocycles. The Morgan fingerprint density at radius 2 is 2.17 bits per heavy atom. The van der Waals surface area contributed by atoms with Gasteiger partial charge in [0.2, 0.25) is 0 Å². The molecule has 0 radical (unpaired) electrons. The number of thiophene rings is 1. The van der Waals surface area contributed by atoms with Crippen LogP contribution in [0.5, 0.6) is 0 Å². The number of carbonyl (C=O) groups excluding carboxylic acids is 1. The van der Waals surface area contributed by atoms with Crippen molar-refractivity contribution in [2.45, 2.75) is 13.5 Å². The number of benzene rings is 1. The summed E-state index contributed by atoms with van der Waals surface area (Å²) in [5.74, 6) is -0.0432. The molecular formula is C13H11Br2NOS. The molecule has 2 nitrogen and oxygen atoms in total. The SMILES string of the molecule is Cc1c(Br)cccc1C(=O)NCc1cc(Br)cs1. The van der Waals surface area contributed by atoms with Crippen LogP contribution in [0.1, 0.15) is 20.8 Å². The van der Waals surface area contributed by atoms with E-state index >= 15 is 0 Å². The van der Waals surface area contributed by atoms with Gasteiger partial charge < -0.3 is 5.32 Å². The van der Waals surface area contributed by atoms with Gasteiger partial charge in [0.15, 0.2) is 0 Å². The van der Waals surface area contributed by atoms with Gasteiger partial charge in [-0.1, -0.05) is 22.0 Å². The van der Waals surface area contributed by atoms with Crippen LogP contribution in [0.3, 0.4) is 0 Å². The van der Waals surface area contributed by atoms with Gasteiger partial charge in [-0.25, -0.2) is 0 Å². The Labute approximate surface area is 127 Å². The van der Waals surface area contributed by atoms with E-state index in [4.69, 9.17) is 0 Å². The van der Waals surface area contributed by atoms with Crippen LogP contribution in [0.2, 0.25) is 0 Å². The predicted octanol–water partition coefficient (Wildman–Crippen LogP) is 4.51. The van der Waals surface area contributed by atoms with E-state index in [0.29, 0.717) is 12.1 Å². The Kier molecular flexibility index (Phi) is 4.59. The van der Waals surface area contributed by atoms with Gasteiger partial charge in [-0.2, -0.15) is 0 Å². The van der Waals surface area contributed by atoms with Gasteiger partial charge in [-0.15, -0.1) is 11.3 Å². The summed E-state index contributed by atoms with van der Waals surface area (Å²) < 4.78 is 2.00. The van der Waals surface area contributed by atoms with E-state index in [9.17, 15) is 4.79 Å². The van der Waals surface area contributed by atoms with Gasteiger partial charge in [-0.05, 0) is 46.6 Å². The van der Waals surface area contributed by atoms with Gasteiger partial charge in [0.05, 0.1) is 6.54 Å². The summed E-state index contributed by atoms with van der Waals surface area (Å²) in [6, 6.07) is 7.65. The van der Waals surface area contributed by atoms with E-state index in [1.807, 2.05) is 36.6 Å². The van der Waals surface area contributed by atoms with Crippen LogP contribution in [0, 0.1) is 6.92 Å². The molecule has 2 rings (SSSR count). The van der Waals surface area contributed by atoms with Crippen LogP contribution in [-0.4, -0.2) is 5.91 Å². The molecule has 1 aromatic heterocycles. The minimum atomic E-state index is -0.0432. The summed E-state index contributed by atoms with van der Waals surface area (Å²) in [5, 5.41) is 4.93. The highest BCUT2D eigenvalue weighted by atomic mass is 79.9. The normalized spacial score (nSPS) is 10.4. The standard InChI is InChI=1S/C13H11Br2NOS/c1-8-11(3-2-4-12(8)15)13(17)16-6-10-5-9(14)7-18-10/h2-5,7H,6H2,1H3,(H,16,17). The molecule has 1 aromatic carbocycles. The molecule has 0 aliphatic heterocycles. The van der Waals surface area contributed by atoms with Gasteiger partial charge in [-0.3, -0.25) is 4.79 Å². The number of halogens is 2. The van der Waals surface area contributed by atoms with Gasteiger partial charge in [0.1, 0.15) is 0 Å². The largest absolute Gasteiger partial charge is 0.347 e. The lowest BCUT2D eigenvalue weighted by atomic mass is 10.1. The summed E-state index contributed by atoms with van der Waals surface area (Å²) in [5.41, 5.74) is 1.67. The maximum absolute atomic E-state index is 12.1. The lowest BCUT2D eigenvalue weighted by Gasteiger charge is -2.07. The number of hydrogen-bond acceptors (Lipinski definition) is 2. The molecule has 1 heterocycles. The van der Waals surface area contributed by atoms with Crippen molar-refractivity contribution >= 4 is 49.1 Å². The van der Waals surface area contributed by atoms with Gasteiger partial charge in [0, 0.05) is 24.8 Å². The van der Waals surface area contributed by atoms with E-state index in [0.717, 1.165) is 19.4 Å². The molecule has 0 aliphatic rings. The van der Waals surface area contributed by atoms with Crippen LogP contribution in [0.25, 0.3) is 0 Å². The van der Waals surface area contributed by atoms with Crippen LogP contribution in [0.4, 0.5) is 0 Å². The molecule has 0 spiro atoms. The topological polar surface area (TPSA) is 29.1 Å². The van der Waals surface area contributed by atoms with Crippen molar-refractivity contribution in [1.29, 1.82) is 0 Å². The van der Waals surface area contributed by atoms with E-state index in [2.05, 4.69) is 37.2 Å². The number of amides is 1. The van der Waals surface area contributed by atoms with E-state index in [-0.39, 0.29) is 5.91 Å². The van der Waals surface area contributed by atoms with Crippen LogP contribution in [-0.2, 0) is 6.54 Å². The Morgan fingerprint density at radius 1 is 1.39 bits per heavy atom. The number of nitrogens with one attached hydrogen (secondary N) is 1. The predicted molar refractivity (Wildman–Crippen MR) is 82.1 cm³/mol. The first-order chi connectivity index (χ1) is 8.58. The summed E-state index contributed by atoms with van der Waals surface area (Å²) in [4.78, 5) is 13.2. The molecule has 94 valence electrons. The fourth-order valence-corrected chi connectivity index (χ4v) is 3.32. The van der Waals surface area contributed by atoms with Gasteiger partial charge >= 0.3 is 0 Å². The van der Waals surface area contributed by atoms with Crippen molar-refractivity contribution < 1.29 is 4.79 Å². The maximum Gasteiger partial charge on any atom is 0.251 e. The third kappa shape index (κ3) is 3.22. The maximum atomic E-state index is 12.1. The summed E-state index contributed by atoms with van der Waals surface area (Å²) in [6.45, 7) is 2.49. The average Bonchev–Trinajstić information content (AvgIpc) is 2.76. The van der Waals surface area contributed by atoms with Crippen molar-refractivity contribution in [2.24, 2.45) is 0 Å². The van der Waals surface area contributed by atoms with Crippen LogP contribution in [0.15, 0.2) is 38.6 Å². The fourth-order valence-electron chi connectivity index (χ4n) is 1.56. The van der Waals surface area contributed by atoms with Crippen molar-refractivity contribution in [1.82, 2.24) is 5.32 Å².